The Kier molecular flexibility index (Phi) is 7.09. The standard InChI is InChI=1S/C21H22F2N2O3S/c1-2-15(14-7-3-5-9-17(14)28-21(22)23)24-19(26)11-12-25-16-8-4-6-10-18(16)29-13-20(25)27/h3-10,15,21H,2,11-13H2,1H3,(H,24,26). The molecule has 0 radical (unpaired) electrons. The van der Waals surface area contributed by atoms with Crippen molar-refractivity contribution in [1.29, 1.82) is 0 Å². The van der Waals surface area contributed by atoms with E-state index in [-0.39, 0.29) is 30.5 Å². The number of nitrogens with zero attached hydrogens (tertiary/aromatic N) is 1. The summed E-state index contributed by atoms with van der Waals surface area (Å²) in [7, 11) is 0. The van der Waals surface area contributed by atoms with E-state index in [9.17, 15) is 18.4 Å². The first-order valence-corrected chi connectivity index (χ1v) is 10.3. The van der Waals surface area contributed by atoms with Crippen LogP contribution >= 0.6 is 11.8 Å². The van der Waals surface area contributed by atoms with Crippen LogP contribution in [0.3, 0.4) is 0 Å². The highest BCUT2D eigenvalue weighted by atomic mass is 32.2. The van der Waals surface area contributed by atoms with E-state index in [0.717, 1.165) is 10.6 Å². The van der Waals surface area contributed by atoms with Gasteiger partial charge in [0, 0.05) is 23.4 Å². The summed E-state index contributed by atoms with van der Waals surface area (Å²) in [6, 6.07) is 13.6. The number of halogens is 2. The van der Waals surface area contributed by atoms with Gasteiger partial charge in [-0.3, -0.25) is 9.59 Å². The lowest BCUT2D eigenvalue weighted by atomic mass is 10.0. The molecule has 3 rings (SSSR count). The topological polar surface area (TPSA) is 58.6 Å². The van der Waals surface area contributed by atoms with E-state index >= 15 is 0 Å². The third-order valence-corrected chi connectivity index (χ3v) is 5.67. The third kappa shape index (κ3) is 5.26. The molecule has 1 unspecified atom stereocenters. The molecule has 0 saturated heterocycles. The molecular weight excluding hydrogens is 398 g/mol. The number of amides is 2. The minimum Gasteiger partial charge on any atom is -0.434 e. The average molecular weight is 420 g/mol. The highest BCUT2D eigenvalue weighted by Gasteiger charge is 2.25. The Bertz CT molecular complexity index is 879. The van der Waals surface area contributed by atoms with Gasteiger partial charge >= 0.3 is 6.61 Å². The minimum absolute atomic E-state index is 0.0378. The maximum absolute atomic E-state index is 12.7. The summed E-state index contributed by atoms with van der Waals surface area (Å²) < 4.78 is 29.9. The van der Waals surface area contributed by atoms with Crippen LogP contribution in [-0.4, -0.2) is 30.7 Å². The number of anilines is 1. The van der Waals surface area contributed by atoms with Gasteiger partial charge in [0.2, 0.25) is 11.8 Å². The molecule has 1 aliphatic rings. The van der Waals surface area contributed by atoms with Crippen molar-refractivity contribution in [2.75, 3.05) is 17.2 Å². The van der Waals surface area contributed by atoms with Crippen molar-refractivity contribution < 1.29 is 23.1 Å². The molecule has 1 aliphatic heterocycles. The Morgan fingerprint density at radius 2 is 1.93 bits per heavy atom. The zero-order chi connectivity index (χ0) is 20.8. The number of alkyl halides is 2. The van der Waals surface area contributed by atoms with Crippen molar-refractivity contribution in [1.82, 2.24) is 5.32 Å². The van der Waals surface area contributed by atoms with E-state index in [4.69, 9.17) is 0 Å². The van der Waals surface area contributed by atoms with Gasteiger partial charge in [-0.15, -0.1) is 11.8 Å². The lowest BCUT2D eigenvalue weighted by Gasteiger charge is -2.29. The maximum Gasteiger partial charge on any atom is 0.387 e. The molecule has 0 bridgehead atoms. The molecule has 29 heavy (non-hydrogen) atoms. The molecule has 1 atom stereocenters. The van der Waals surface area contributed by atoms with Gasteiger partial charge in [0.15, 0.2) is 0 Å². The van der Waals surface area contributed by atoms with E-state index in [1.165, 1.54) is 17.8 Å². The number of rotatable bonds is 8. The number of hydrogen-bond donors (Lipinski definition) is 1. The molecule has 1 N–H and O–H groups in total. The van der Waals surface area contributed by atoms with E-state index in [1.54, 1.807) is 23.1 Å². The molecular formula is C21H22F2N2O3S. The Morgan fingerprint density at radius 1 is 1.21 bits per heavy atom. The van der Waals surface area contributed by atoms with Gasteiger partial charge in [-0.25, -0.2) is 0 Å². The summed E-state index contributed by atoms with van der Waals surface area (Å²) in [5.74, 6) is 0.0948. The summed E-state index contributed by atoms with van der Waals surface area (Å²) in [5.41, 5.74) is 1.31. The third-order valence-electron chi connectivity index (χ3n) is 4.62. The van der Waals surface area contributed by atoms with Crippen LogP contribution in [0.5, 0.6) is 5.75 Å². The van der Waals surface area contributed by atoms with Crippen LogP contribution < -0.4 is 15.0 Å². The highest BCUT2D eigenvalue weighted by Crippen LogP contribution is 2.35. The largest absolute Gasteiger partial charge is 0.434 e. The SMILES string of the molecule is CCC(NC(=O)CCN1C(=O)CSc2ccccc21)c1ccccc1OC(F)F. The second-order valence-corrected chi connectivity index (χ2v) is 7.51. The van der Waals surface area contributed by atoms with Crippen molar-refractivity contribution >= 4 is 29.3 Å². The van der Waals surface area contributed by atoms with E-state index in [0.29, 0.717) is 17.7 Å². The van der Waals surface area contributed by atoms with Crippen LogP contribution in [0.1, 0.15) is 31.4 Å². The number of thioether (sulfide) groups is 1. The summed E-state index contributed by atoms with van der Waals surface area (Å²) in [6.45, 7) is -0.827. The van der Waals surface area contributed by atoms with Gasteiger partial charge in [0.1, 0.15) is 5.75 Å². The second-order valence-electron chi connectivity index (χ2n) is 6.50. The molecule has 2 aromatic carbocycles. The molecule has 2 amide bonds. The number of benzene rings is 2. The number of carbonyl (C=O) groups excluding carboxylic acids is 2. The fourth-order valence-electron chi connectivity index (χ4n) is 3.25. The Morgan fingerprint density at radius 3 is 2.69 bits per heavy atom. The van der Waals surface area contributed by atoms with Crippen LogP contribution in [0.4, 0.5) is 14.5 Å². The molecule has 0 aromatic heterocycles. The minimum atomic E-state index is -2.94. The predicted octanol–water partition coefficient (Wildman–Crippen LogP) is 4.38. The molecule has 1 heterocycles. The highest BCUT2D eigenvalue weighted by molar-refractivity contribution is 8.00. The summed E-state index contributed by atoms with van der Waals surface area (Å²) in [4.78, 5) is 27.5. The number of hydrogen-bond acceptors (Lipinski definition) is 4. The Labute approximate surface area is 172 Å². The van der Waals surface area contributed by atoms with E-state index < -0.39 is 12.7 Å². The van der Waals surface area contributed by atoms with Crippen LogP contribution in [0.2, 0.25) is 0 Å². The number of nitrogens with one attached hydrogen (secondary N) is 1. The van der Waals surface area contributed by atoms with Gasteiger partial charge in [-0.05, 0) is 24.6 Å². The van der Waals surface area contributed by atoms with Crippen LogP contribution in [-0.2, 0) is 9.59 Å². The molecule has 5 nitrogen and oxygen atoms in total. The van der Waals surface area contributed by atoms with Crippen molar-refractivity contribution in [3.05, 3.63) is 54.1 Å². The summed E-state index contributed by atoms with van der Waals surface area (Å²) >= 11 is 1.49. The average Bonchev–Trinajstić information content (AvgIpc) is 2.71. The van der Waals surface area contributed by atoms with Crippen molar-refractivity contribution in [3.63, 3.8) is 0 Å². The van der Waals surface area contributed by atoms with Gasteiger partial charge < -0.3 is 15.0 Å². The molecule has 2 aromatic rings. The lowest BCUT2D eigenvalue weighted by Crippen LogP contribution is -2.39. The number of para-hydroxylation sites is 2. The molecule has 154 valence electrons. The van der Waals surface area contributed by atoms with Crippen molar-refractivity contribution in [2.24, 2.45) is 0 Å². The van der Waals surface area contributed by atoms with Crippen LogP contribution in [0, 0.1) is 0 Å². The zero-order valence-corrected chi connectivity index (χ0v) is 16.8. The Balaban J connectivity index is 1.65. The molecule has 0 spiro atoms. The quantitative estimate of drug-likeness (QED) is 0.688. The summed E-state index contributed by atoms with van der Waals surface area (Å²) in [5, 5.41) is 2.87. The summed E-state index contributed by atoms with van der Waals surface area (Å²) in [6.07, 6.45) is 0.622. The normalized spacial score (nSPS) is 14.5. The maximum atomic E-state index is 12.7. The molecule has 8 heteroatoms. The first kappa shape index (κ1) is 21.1. The number of ether oxygens (including phenoxy) is 1. The van der Waals surface area contributed by atoms with Gasteiger partial charge in [-0.1, -0.05) is 37.3 Å². The van der Waals surface area contributed by atoms with Gasteiger partial charge in [-0.2, -0.15) is 8.78 Å². The van der Waals surface area contributed by atoms with Crippen molar-refractivity contribution in [2.45, 2.75) is 37.3 Å². The fraction of sp³-hybridized carbons (Fsp3) is 0.333. The predicted molar refractivity (Wildman–Crippen MR) is 108 cm³/mol. The molecule has 0 fully saturated rings. The monoisotopic (exact) mass is 420 g/mol. The molecule has 0 aliphatic carbocycles. The lowest BCUT2D eigenvalue weighted by molar-refractivity contribution is -0.121. The molecule has 0 saturated carbocycles. The smallest absolute Gasteiger partial charge is 0.387 e. The van der Waals surface area contributed by atoms with Crippen molar-refractivity contribution in [3.8, 4) is 5.75 Å². The fourth-order valence-corrected chi connectivity index (χ4v) is 4.19. The zero-order valence-electron chi connectivity index (χ0n) is 15.9. The first-order chi connectivity index (χ1) is 14.0. The number of carbonyl (C=O) groups is 2. The van der Waals surface area contributed by atoms with Gasteiger partial charge in [0.25, 0.3) is 0 Å². The second kappa shape index (κ2) is 9.73. The van der Waals surface area contributed by atoms with E-state index in [1.807, 2.05) is 31.2 Å². The van der Waals surface area contributed by atoms with Gasteiger partial charge in [0.05, 0.1) is 17.5 Å². The first-order valence-electron chi connectivity index (χ1n) is 9.35. The van der Waals surface area contributed by atoms with E-state index in [2.05, 4.69) is 10.1 Å². The number of fused-ring (bicyclic) bond motifs is 1. The Hall–Kier alpha value is -2.61. The van der Waals surface area contributed by atoms with Crippen LogP contribution in [0.25, 0.3) is 0 Å². The van der Waals surface area contributed by atoms with Crippen LogP contribution in [0.15, 0.2) is 53.4 Å².